The minimum absolute atomic E-state index is 1.16. The van der Waals surface area contributed by atoms with Gasteiger partial charge in [0.05, 0.1) is 11.2 Å². The van der Waals surface area contributed by atoms with E-state index in [0.717, 1.165) is 6.42 Å². The summed E-state index contributed by atoms with van der Waals surface area (Å²) in [5.41, 5.74) is 4.02. The SMILES string of the molecule is c1ccn2nc3c(c2c1)CC3. The third kappa shape index (κ3) is 0.546. The molecular weight excluding hydrogens is 136 g/mol. The van der Waals surface area contributed by atoms with Gasteiger partial charge in [-0.05, 0) is 25.0 Å². The summed E-state index contributed by atoms with van der Waals surface area (Å²) in [6.07, 6.45) is 4.38. The predicted octanol–water partition coefficient (Wildman–Crippen LogP) is 1.43. The molecule has 0 fully saturated rings. The molecule has 2 heteroatoms. The van der Waals surface area contributed by atoms with Crippen LogP contribution in [0.1, 0.15) is 11.3 Å². The van der Waals surface area contributed by atoms with Crippen LogP contribution in [-0.2, 0) is 12.8 Å². The van der Waals surface area contributed by atoms with E-state index in [0.29, 0.717) is 0 Å². The Labute approximate surface area is 64.5 Å². The van der Waals surface area contributed by atoms with E-state index in [2.05, 4.69) is 17.2 Å². The highest BCUT2D eigenvalue weighted by Gasteiger charge is 2.19. The van der Waals surface area contributed by atoms with Crippen LogP contribution in [0.15, 0.2) is 24.4 Å². The summed E-state index contributed by atoms with van der Waals surface area (Å²) in [7, 11) is 0. The second-order valence-electron chi connectivity index (χ2n) is 2.96. The monoisotopic (exact) mass is 144 g/mol. The van der Waals surface area contributed by atoms with Crippen LogP contribution in [0.25, 0.3) is 5.52 Å². The molecule has 0 unspecified atom stereocenters. The van der Waals surface area contributed by atoms with E-state index in [1.165, 1.54) is 23.2 Å². The van der Waals surface area contributed by atoms with Crippen molar-refractivity contribution in [2.75, 3.05) is 0 Å². The van der Waals surface area contributed by atoms with Gasteiger partial charge in [0.2, 0.25) is 0 Å². The molecule has 0 aromatic carbocycles. The Morgan fingerprint density at radius 1 is 1.27 bits per heavy atom. The van der Waals surface area contributed by atoms with Crippen molar-refractivity contribution < 1.29 is 0 Å². The molecule has 0 N–H and O–H groups in total. The third-order valence-electron chi connectivity index (χ3n) is 2.34. The number of rotatable bonds is 0. The van der Waals surface area contributed by atoms with Gasteiger partial charge in [-0.25, -0.2) is 4.52 Å². The highest BCUT2D eigenvalue weighted by molar-refractivity contribution is 5.59. The fourth-order valence-electron chi connectivity index (χ4n) is 1.64. The molecule has 0 saturated carbocycles. The van der Waals surface area contributed by atoms with E-state index in [1.807, 2.05) is 16.8 Å². The van der Waals surface area contributed by atoms with E-state index in [-0.39, 0.29) is 0 Å². The first-order valence-electron chi connectivity index (χ1n) is 3.90. The van der Waals surface area contributed by atoms with Gasteiger partial charge in [-0.1, -0.05) is 6.07 Å². The maximum atomic E-state index is 4.42. The van der Waals surface area contributed by atoms with Crippen LogP contribution >= 0.6 is 0 Å². The molecule has 2 aromatic heterocycles. The van der Waals surface area contributed by atoms with Gasteiger partial charge in [0, 0.05) is 11.8 Å². The molecule has 54 valence electrons. The van der Waals surface area contributed by atoms with Crippen molar-refractivity contribution in [3.63, 3.8) is 0 Å². The molecule has 0 aliphatic heterocycles. The topological polar surface area (TPSA) is 17.3 Å². The summed E-state index contributed by atoms with van der Waals surface area (Å²) < 4.78 is 1.97. The lowest BCUT2D eigenvalue weighted by Gasteiger charge is -2.08. The zero-order valence-corrected chi connectivity index (χ0v) is 6.12. The van der Waals surface area contributed by atoms with E-state index < -0.39 is 0 Å². The molecule has 11 heavy (non-hydrogen) atoms. The van der Waals surface area contributed by atoms with Crippen molar-refractivity contribution in [2.24, 2.45) is 0 Å². The molecular formula is C9H8N2. The molecule has 0 amide bonds. The second kappa shape index (κ2) is 1.64. The number of fused-ring (bicyclic) bond motifs is 3. The van der Waals surface area contributed by atoms with Crippen molar-refractivity contribution in [1.29, 1.82) is 0 Å². The Kier molecular flexibility index (Phi) is 0.799. The highest BCUT2D eigenvalue weighted by Crippen LogP contribution is 2.25. The van der Waals surface area contributed by atoms with Gasteiger partial charge in [-0.3, -0.25) is 0 Å². The standard InChI is InChI=1S/C9H8N2/c1-2-6-11-9(3-1)7-4-5-8(7)10-11/h1-3,6H,4-5H2. The van der Waals surface area contributed by atoms with Crippen molar-refractivity contribution in [3.05, 3.63) is 35.7 Å². The van der Waals surface area contributed by atoms with Crippen molar-refractivity contribution >= 4 is 5.52 Å². The molecule has 0 radical (unpaired) electrons. The predicted molar refractivity (Wildman–Crippen MR) is 42.6 cm³/mol. The van der Waals surface area contributed by atoms with Crippen molar-refractivity contribution in [2.45, 2.75) is 12.8 Å². The second-order valence-corrected chi connectivity index (χ2v) is 2.96. The Hall–Kier alpha value is -1.31. The summed E-state index contributed by atoms with van der Waals surface area (Å²) in [5, 5.41) is 4.42. The van der Waals surface area contributed by atoms with Crippen LogP contribution < -0.4 is 0 Å². The van der Waals surface area contributed by atoms with Crippen LogP contribution in [0, 0.1) is 0 Å². The summed E-state index contributed by atoms with van der Waals surface area (Å²) >= 11 is 0. The maximum Gasteiger partial charge on any atom is 0.0696 e. The molecule has 0 spiro atoms. The van der Waals surface area contributed by atoms with Gasteiger partial charge in [0.15, 0.2) is 0 Å². The molecule has 3 rings (SSSR count). The largest absolute Gasteiger partial charge is 0.240 e. The van der Waals surface area contributed by atoms with Gasteiger partial charge < -0.3 is 0 Å². The number of pyridine rings is 1. The number of aryl methyl sites for hydroxylation is 2. The molecule has 1 aliphatic carbocycles. The molecule has 2 nitrogen and oxygen atoms in total. The summed E-state index contributed by atoms with van der Waals surface area (Å²) in [6, 6.07) is 6.21. The average molecular weight is 144 g/mol. The van der Waals surface area contributed by atoms with Gasteiger partial charge in [0.25, 0.3) is 0 Å². The minimum Gasteiger partial charge on any atom is -0.240 e. The fraction of sp³-hybridized carbons (Fsp3) is 0.222. The van der Waals surface area contributed by atoms with Crippen LogP contribution in [0.5, 0.6) is 0 Å². The first-order valence-corrected chi connectivity index (χ1v) is 3.90. The molecule has 0 saturated heterocycles. The number of hydrogen-bond donors (Lipinski definition) is 0. The first-order chi connectivity index (χ1) is 5.45. The lowest BCUT2D eigenvalue weighted by molar-refractivity contribution is 0.791. The van der Waals surface area contributed by atoms with Crippen LogP contribution in [0.3, 0.4) is 0 Å². The van der Waals surface area contributed by atoms with Gasteiger partial charge >= 0.3 is 0 Å². The minimum atomic E-state index is 1.16. The average Bonchev–Trinajstić information content (AvgIpc) is 2.23. The van der Waals surface area contributed by atoms with E-state index >= 15 is 0 Å². The normalized spacial score (nSPS) is 14.5. The number of nitrogens with zero attached hydrogens (tertiary/aromatic N) is 2. The fourth-order valence-corrected chi connectivity index (χ4v) is 1.64. The van der Waals surface area contributed by atoms with Crippen molar-refractivity contribution in [1.82, 2.24) is 9.61 Å². The van der Waals surface area contributed by atoms with E-state index in [9.17, 15) is 0 Å². The Morgan fingerprint density at radius 3 is 3.09 bits per heavy atom. The molecule has 1 aliphatic rings. The summed E-state index contributed by atoms with van der Waals surface area (Å²) in [4.78, 5) is 0. The zero-order valence-electron chi connectivity index (χ0n) is 6.12. The van der Waals surface area contributed by atoms with Crippen LogP contribution in [0.2, 0.25) is 0 Å². The third-order valence-corrected chi connectivity index (χ3v) is 2.34. The van der Waals surface area contributed by atoms with E-state index in [4.69, 9.17) is 0 Å². The molecule has 0 bridgehead atoms. The van der Waals surface area contributed by atoms with E-state index in [1.54, 1.807) is 0 Å². The molecule has 2 heterocycles. The zero-order chi connectivity index (χ0) is 7.26. The van der Waals surface area contributed by atoms with Gasteiger partial charge in [-0.15, -0.1) is 0 Å². The van der Waals surface area contributed by atoms with Gasteiger partial charge in [-0.2, -0.15) is 5.10 Å². The Morgan fingerprint density at radius 2 is 2.27 bits per heavy atom. The molecule has 0 atom stereocenters. The quantitative estimate of drug-likeness (QED) is 0.546. The maximum absolute atomic E-state index is 4.42. The Bertz CT molecular complexity index is 414. The highest BCUT2D eigenvalue weighted by atomic mass is 15.2. The molecule has 2 aromatic rings. The number of aromatic nitrogens is 2. The van der Waals surface area contributed by atoms with Gasteiger partial charge in [0.1, 0.15) is 0 Å². The van der Waals surface area contributed by atoms with Crippen LogP contribution in [0.4, 0.5) is 0 Å². The summed E-state index contributed by atoms with van der Waals surface area (Å²) in [5.74, 6) is 0. The Balaban J connectivity index is 2.53. The summed E-state index contributed by atoms with van der Waals surface area (Å²) in [6.45, 7) is 0. The first kappa shape index (κ1) is 5.35. The lowest BCUT2D eigenvalue weighted by Crippen LogP contribution is -2.05. The number of hydrogen-bond acceptors (Lipinski definition) is 1. The smallest absolute Gasteiger partial charge is 0.0696 e. The van der Waals surface area contributed by atoms with Crippen molar-refractivity contribution in [3.8, 4) is 0 Å². The van der Waals surface area contributed by atoms with Crippen LogP contribution in [-0.4, -0.2) is 9.61 Å². The lowest BCUT2D eigenvalue weighted by atomic mass is 9.95.